The molecular formula is C18H16ClN3O6. The van der Waals surface area contributed by atoms with Crippen LogP contribution in [-0.4, -0.2) is 27.8 Å². The first-order valence-corrected chi connectivity index (χ1v) is 8.39. The number of anilines is 1. The van der Waals surface area contributed by atoms with E-state index in [-0.39, 0.29) is 27.7 Å². The number of amides is 2. The number of carbonyl (C=O) groups is 3. The number of hydrogen-bond donors (Lipinski definition) is 3. The highest BCUT2D eigenvalue weighted by Gasteiger charge is 2.23. The summed E-state index contributed by atoms with van der Waals surface area (Å²) < 4.78 is 0. The van der Waals surface area contributed by atoms with Crippen LogP contribution in [0.2, 0.25) is 5.02 Å². The molecule has 0 radical (unpaired) electrons. The minimum absolute atomic E-state index is 0.0955. The van der Waals surface area contributed by atoms with E-state index in [2.05, 4.69) is 10.6 Å². The molecule has 0 aliphatic rings. The van der Waals surface area contributed by atoms with E-state index >= 15 is 0 Å². The molecule has 0 saturated heterocycles. The number of nitro benzene ring substituents is 1. The van der Waals surface area contributed by atoms with Gasteiger partial charge in [0.2, 0.25) is 5.91 Å². The first kappa shape index (κ1) is 20.8. The maximum Gasteiger partial charge on any atom is 0.305 e. The van der Waals surface area contributed by atoms with Crippen molar-refractivity contribution >= 4 is 40.8 Å². The zero-order chi connectivity index (χ0) is 20.8. The predicted molar refractivity (Wildman–Crippen MR) is 101 cm³/mol. The lowest BCUT2D eigenvalue weighted by molar-refractivity contribution is -0.384. The van der Waals surface area contributed by atoms with Crippen molar-refractivity contribution < 1.29 is 24.4 Å². The number of nitrogens with zero attached hydrogens (tertiary/aromatic N) is 1. The summed E-state index contributed by atoms with van der Waals surface area (Å²) in [6.07, 6.45) is -0.517. The molecule has 0 spiro atoms. The topological polar surface area (TPSA) is 139 Å². The molecule has 0 fully saturated rings. The highest BCUT2D eigenvalue weighted by molar-refractivity contribution is 6.31. The van der Waals surface area contributed by atoms with Gasteiger partial charge in [-0.15, -0.1) is 0 Å². The molecule has 10 heteroatoms. The number of aliphatic carboxylic acids is 1. The van der Waals surface area contributed by atoms with Crippen LogP contribution < -0.4 is 10.6 Å². The third-order valence-electron chi connectivity index (χ3n) is 3.72. The molecule has 1 atom stereocenters. The van der Waals surface area contributed by atoms with Gasteiger partial charge in [-0.2, -0.15) is 0 Å². The van der Waals surface area contributed by atoms with Crippen molar-refractivity contribution in [3.05, 3.63) is 68.7 Å². The van der Waals surface area contributed by atoms with Gasteiger partial charge in [-0.1, -0.05) is 11.6 Å². The molecule has 2 rings (SSSR count). The van der Waals surface area contributed by atoms with Gasteiger partial charge >= 0.3 is 5.97 Å². The van der Waals surface area contributed by atoms with Gasteiger partial charge in [-0.25, -0.2) is 0 Å². The Labute approximate surface area is 164 Å². The number of benzene rings is 2. The van der Waals surface area contributed by atoms with E-state index < -0.39 is 29.3 Å². The average Bonchev–Trinajstić information content (AvgIpc) is 2.61. The Kier molecular flexibility index (Phi) is 6.67. The van der Waals surface area contributed by atoms with Gasteiger partial charge in [-0.3, -0.25) is 24.5 Å². The Bertz CT molecular complexity index is 929. The first-order chi connectivity index (χ1) is 13.2. The summed E-state index contributed by atoms with van der Waals surface area (Å²) in [5.74, 6) is -2.07. The van der Waals surface area contributed by atoms with Gasteiger partial charge in [0.05, 0.1) is 17.4 Å². The molecule has 0 aromatic heterocycles. The summed E-state index contributed by atoms with van der Waals surface area (Å²) in [6, 6.07) is 8.46. The van der Waals surface area contributed by atoms with Crippen LogP contribution >= 0.6 is 11.6 Å². The van der Waals surface area contributed by atoms with Crippen LogP contribution in [0.5, 0.6) is 0 Å². The van der Waals surface area contributed by atoms with Gasteiger partial charge < -0.3 is 15.7 Å². The second kappa shape index (κ2) is 8.96. The molecule has 2 amide bonds. The summed E-state index contributed by atoms with van der Waals surface area (Å²) in [7, 11) is 0. The molecule has 146 valence electrons. The molecule has 0 unspecified atom stereocenters. The van der Waals surface area contributed by atoms with Crippen LogP contribution in [0, 0.1) is 10.1 Å². The van der Waals surface area contributed by atoms with E-state index in [1.165, 1.54) is 43.3 Å². The van der Waals surface area contributed by atoms with Gasteiger partial charge in [0.1, 0.15) is 0 Å². The van der Waals surface area contributed by atoms with E-state index in [1.807, 2.05) is 0 Å². The van der Waals surface area contributed by atoms with Crippen molar-refractivity contribution in [2.24, 2.45) is 0 Å². The highest BCUT2D eigenvalue weighted by Crippen LogP contribution is 2.29. The maximum absolute atomic E-state index is 12.5. The van der Waals surface area contributed by atoms with Crippen molar-refractivity contribution in [2.75, 3.05) is 5.32 Å². The quantitative estimate of drug-likeness (QED) is 0.477. The van der Waals surface area contributed by atoms with Crippen molar-refractivity contribution in [2.45, 2.75) is 19.4 Å². The number of carbonyl (C=O) groups excluding carboxylic acids is 2. The lowest BCUT2D eigenvalue weighted by atomic mass is 10.0. The molecular weight excluding hydrogens is 390 g/mol. The van der Waals surface area contributed by atoms with Crippen LogP contribution in [0.4, 0.5) is 11.4 Å². The number of nitro groups is 1. The summed E-state index contributed by atoms with van der Waals surface area (Å²) in [5, 5.41) is 25.3. The number of carboxylic acid groups (broad SMARTS) is 1. The van der Waals surface area contributed by atoms with E-state index in [0.29, 0.717) is 5.69 Å². The third kappa shape index (κ3) is 5.52. The second-order valence-corrected chi connectivity index (χ2v) is 6.25. The summed E-state index contributed by atoms with van der Waals surface area (Å²) in [5.41, 5.74) is 0.559. The van der Waals surface area contributed by atoms with Crippen LogP contribution in [0.15, 0.2) is 42.5 Å². The fourth-order valence-corrected chi connectivity index (χ4v) is 2.72. The smallest absolute Gasteiger partial charge is 0.305 e. The monoisotopic (exact) mass is 405 g/mol. The standard InChI is InChI=1S/C18H16ClN3O6/c1-10(23)20-12-4-2-11(3-5-12)18(26)21-16(9-17(24)25)14-8-13(22(27)28)6-7-15(14)19/h2-8,16H,9H2,1H3,(H,20,23)(H,21,26)(H,24,25)/t16-/m0/s1. The molecule has 0 saturated carbocycles. The van der Waals surface area contributed by atoms with Gasteiger partial charge in [0.25, 0.3) is 11.6 Å². The molecule has 3 N–H and O–H groups in total. The van der Waals surface area contributed by atoms with E-state index in [9.17, 15) is 24.5 Å². The Morgan fingerprint density at radius 3 is 2.36 bits per heavy atom. The number of nitrogens with one attached hydrogen (secondary N) is 2. The third-order valence-corrected chi connectivity index (χ3v) is 4.06. The van der Waals surface area contributed by atoms with Crippen LogP contribution in [0.25, 0.3) is 0 Å². The van der Waals surface area contributed by atoms with Crippen LogP contribution in [0.1, 0.15) is 35.3 Å². The minimum atomic E-state index is -1.21. The van der Waals surface area contributed by atoms with Gasteiger partial charge in [-0.05, 0) is 30.3 Å². The Morgan fingerprint density at radius 1 is 1.18 bits per heavy atom. The van der Waals surface area contributed by atoms with Crippen molar-refractivity contribution in [1.82, 2.24) is 5.32 Å². The normalized spacial score (nSPS) is 11.4. The average molecular weight is 406 g/mol. The van der Waals surface area contributed by atoms with E-state index in [0.717, 1.165) is 6.07 Å². The molecule has 2 aromatic rings. The Balaban J connectivity index is 2.28. The number of halogens is 1. The second-order valence-electron chi connectivity index (χ2n) is 5.85. The summed E-state index contributed by atoms with van der Waals surface area (Å²) in [6.45, 7) is 1.35. The lowest BCUT2D eigenvalue weighted by Crippen LogP contribution is -2.30. The van der Waals surface area contributed by atoms with E-state index in [4.69, 9.17) is 16.7 Å². The number of non-ortho nitro benzene ring substituents is 1. The van der Waals surface area contributed by atoms with Crippen molar-refractivity contribution in [3.8, 4) is 0 Å². The maximum atomic E-state index is 12.5. The van der Waals surface area contributed by atoms with Crippen molar-refractivity contribution in [1.29, 1.82) is 0 Å². The molecule has 0 aliphatic heterocycles. The van der Waals surface area contributed by atoms with Gasteiger partial charge in [0, 0.05) is 40.9 Å². The SMILES string of the molecule is CC(=O)Nc1ccc(C(=O)N[C@@H](CC(=O)O)c2cc([N+](=O)[O-])ccc2Cl)cc1. The molecule has 9 nitrogen and oxygen atoms in total. The van der Waals surface area contributed by atoms with Crippen molar-refractivity contribution in [3.63, 3.8) is 0 Å². The zero-order valence-electron chi connectivity index (χ0n) is 14.6. The van der Waals surface area contributed by atoms with Gasteiger partial charge in [0.15, 0.2) is 0 Å². The minimum Gasteiger partial charge on any atom is -0.481 e. The fraction of sp³-hybridized carbons (Fsp3) is 0.167. The molecule has 28 heavy (non-hydrogen) atoms. The number of hydrogen-bond acceptors (Lipinski definition) is 5. The molecule has 0 aliphatic carbocycles. The molecule has 2 aromatic carbocycles. The summed E-state index contributed by atoms with van der Waals surface area (Å²) in [4.78, 5) is 45.1. The van der Waals surface area contributed by atoms with Crippen LogP contribution in [0.3, 0.4) is 0 Å². The Hall–Kier alpha value is -3.46. The predicted octanol–water partition coefficient (Wildman–Crippen LogP) is 3.15. The lowest BCUT2D eigenvalue weighted by Gasteiger charge is -2.19. The fourth-order valence-electron chi connectivity index (χ4n) is 2.47. The largest absolute Gasteiger partial charge is 0.481 e. The number of rotatable bonds is 7. The highest BCUT2D eigenvalue weighted by atomic mass is 35.5. The zero-order valence-corrected chi connectivity index (χ0v) is 15.4. The first-order valence-electron chi connectivity index (χ1n) is 8.01. The van der Waals surface area contributed by atoms with E-state index in [1.54, 1.807) is 0 Å². The Morgan fingerprint density at radius 2 is 1.82 bits per heavy atom. The molecule has 0 bridgehead atoms. The molecule has 0 heterocycles. The summed E-state index contributed by atoms with van der Waals surface area (Å²) >= 11 is 6.07. The number of carboxylic acids is 1. The van der Waals surface area contributed by atoms with Crippen LogP contribution in [-0.2, 0) is 9.59 Å².